The fraction of sp³-hybridized carbons (Fsp3) is 0.0625. The van der Waals surface area contributed by atoms with Gasteiger partial charge in [0.05, 0.1) is 10.7 Å². The van der Waals surface area contributed by atoms with E-state index in [1.807, 2.05) is 16.7 Å². The number of nitrogens with zero attached hydrogens (tertiary/aromatic N) is 1. The van der Waals surface area contributed by atoms with Crippen molar-refractivity contribution < 1.29 is 19.2 Å². The lowest BCUT2D eigenvalue weighted by molar-refractivity contribution is -0.121. The fourth-order valence-electron chi connectivity index (χ4n) is 2.61. The van der Waals surface area contributed by atoms with E-state index in [0.29, 0.717) is 10.8 Å². The van der Waals surface area contributed by atoms with Crippen LogP contribution in [0.4, 0.5) is 4.79 Å². The predicted molar refractivity (Wildman–Crippen MR) is 85.7 cm³/mol. The number of hydrogen-bond acceptors (Lipinski definition) is 5. The molecular weight excluding hydrogens is 326 g/mol. The summed E-state index contributed by atoms with van der Waals surface area (Å²) in [5, 5.41) is 16.9. The van der Waals surface area contributed by atoms with Gasteiger partial charge in [-0.25, -0.2) is 4.79 Å². The minimum Gasteiger partial charge on any atom is -0.354 e. The third-order valence-electron chi connectivity index (χ3n) is 3.69. The molecule has 0 aliphatic carbocycles. The zero-order valence-corrected chi connectivity index (χ0v) is 12.9. The van der Waals surface area contributed by atoms with E-state index in [2.05, 4.69) is 10.3 Å². The largest absolute Gasteiger partial charge is 0.354 e. The first kappa shape index (κ1) is 15.9. The summed E-state index contributed by atoms with van der Waals surface area (Å²) in [6.07, 6.45) is 0. The normalized spacial score (nSPS) is 15.4. The van der Waals surface area contributed by atoms with E-state index in [0.717, 1.165) is 0 Å². The molecule has 0 spiro atoms. The van der Waals surface area contributed by atoms with Gasteiger partial charge in [0.1, 0.15) is 17.2 Å². The van der Waals surface area contributed by atoms with E-state index < -0.39 is 23.8 Å². The first-order chi connectivity index (χ1) is 12.0. The van der Waals surface area contributed by atoms with E-state index in [9.17, 15) is 24.4 Å². The Hall–Kier alpha value is -3.93. The van der Waals surface area contributed by atoms with Crippen LogP contribution in [0.3, 0.4) is 0 Å². The van der Waals surface area contributed by atoms with E-state index in [-0.39, 0.29) is 21.8 Å². The minimum atomic E-state index is -0.913. The summed E-state index contributed by atoms with van der Waals surface area (Å²) in [6, 6.07) is 7.56. The van der Waals surface area contributed by atoms with Gasteiger partial charge in [-0.15, -0.1) is 0 Å². The maximum absolute atomic E-state index is 12.1. The zero-order chi connectivity index (χ0) is 18.1. The maximum Gasteiger partial charge on any atom is 0.328 e. The Bertz CT molecular complexity index is 1100. The van der Waals surface area contributed by atoms with E-state index >= 15 is 0 Å². The van der Waals surface area contributed by atoms with Gasteiger partial charge in [0.25, 0.3) is 17.7 Å². The van der Waals surface area contributed by atoms with Crippen LogP contribution in [0.15, 0.2) is 24.3 Å². The highest BCUT2D eigenvalue weighted by Crippen LogP contribution is 2.08. The molecule has 124 valence electrons. The zero-order valence-electron chi connectivity index (χ0n) is 12.9. The smallest absolute Gasteiger partial charge is 0.328 e. The number of amides is 5. The van der Waals surface area contributed by atoms with Crippen LogP contribution in [-0.4, -0.2) is 35.8 Å². The molecule has 1 saturated heterocycles. The van der Waals surface area contributed by atoms with Crippen molar-refractivity contribution in [1.82, 2.24) is 20.9 Å². The van der Waals surface area contributed by atoms with Crippen molar-refractivity contribution in [2.24, 2.45) is 0 Å². The van der Waals surface area contributed by atoms with Crippen LogP contribution < -0.4 is 26.6 Å². The molecule has 2 aromatic rings. The highest BCUT2D eigenvalue weighted by Gasteiger charge is 2.30. The highest BCUT2D eigenvalue weighted by atomic mass is 16.2. The lowest BCUT2D eigenvalue weighted by Crippen LogP contribution is -2.52. The molecule has 0 bridgehead atoms. The van der Waals surface area contributed by atoms with E-state index in [1.54, 1.807) is 24.3 Å². The summed E-state index contributed by atoms with van der Waals surface area (Å²) in [6.45, 7) is 0. The SMILES string of the molecule is CNC(=O)/C(C#N)=c1\[nH]c(=C2C(=O)NC(=O)NC2=O)c2ccccc12. The molecule has 0 unspecified atom stereocenters. The molecule has 5 amide bonds. The molecule has 0 saturated carbocycles. The van der Waals surface area contributed by atoms with Crippen molar-refractivity contribution in [3.63, 3.8) is 0 Å². The Labute approximate surface area is 140 Å². The molecule has 1 aliphatic heterocycles. The number of carbonyl (C=O) groups excluding carboxylic acids is 4. The summed E-state index contributed by atoms with van der Waals surface area (Å²) >= 11 is 0. The summed E-state index contributed by atoms with van der Waals surface area (Å²) in [4.78, 5) is 50.2. The Balaban J connectivity index is 2.51. The third kappa shape index (κ3) is 2.51. The molecule has 1 aromatic carbocycles. The second-order valence-electron chi connectivity index (χ2n) is 5.10. The average molecular weight is 337 g/mol. The number of hydrogen-bond donors (Lipinski definition) is 4. The number of imide groups is 2. The topological polar surface area (TPSA) is 144 Å². The van der Waals surface area contributed by atoms with Gasteiger partial charge in [-0.2, -0.15) is 5.26 Å². The molecule has 1 aliphatic rings. The lowest BCUT2D eigenvalue weighted by Gasteiger charge is -2.13. The molecule has 25 heavy (non-hydrogen) atoms. The molecule has 1 aromatic heterocycles. The Morgan fingerprint density at radius 2 is 1.68 bits per heavy atom. The molecule has 0 radical (unpaired) electrons. The number of carbonyl (C=O) groups is 4. The van der Waals surface area contributed by atoms with Gasteiger partial charge in [-0.05, 0) is 0 Å². The second-order valence-corrected chi connectivity index (χ2v) is 5.10. The molecule has 4 N–H and O–H groups in total. The van der Waals surface area contributed by atoms with Gasteiger partial charge in [-0.3, -0.25) is 25.0 Å². The molecule has 9 heteroatoms. The minimum absolute atomic E-state index is 0.116. The predicted octanol–water partition coefficient (Wildman–Crippen LogP) is -1.90. The number of fused-ring (bicyclic) bond motifs is 1. The van der Waals surface area contributed by atoms with Crippen molar-refractivity contribution in [1.29, 1.82) is 5.26 Å². The summed E-state index contributed by atoms with van der Waals surface area (Å²) < 4.78 is 0. The molecule has 1 fully saturated rings. The number of urea groups is 1. The quantitative estimate of drug-likeness (QED) is 0.481. The van der Waals surface area contributed by atoms with Crippen molar-refractivity contribution in [3.05, 3.63) is 35.0 Å². The molecule has 0 atom stereocenters. The maximum atomic E-state index is 12.1. The van der Waals surface area contributed by atoms with Crippen LogP contribution in [0, 0.1) is 11.3 Å². The van der Waals surface area contributed by atoms with E-state index in [4.69, 9.17) is 0 Å². The summed E-state index contributed by atoms with van der Waals surface area (Å²) in [5.41, 5.74) is -0.505. The van der Waals surface area contributed by atoms with Crippen LogP contribution in [0.1, 0.15) is 0 Å². The lowest BCUT2D eigenvalue weighted by atomic mass is 10.1. The monoisotopic (exact) mass is 337 g/mol. The van der Waals surface area contributed by atoms with Gasteiger partial charge in [0.15, 0.2) is 0 Å². The number of aromatic amines is 1. The van der Waals surface area contributed by atoms with Gasteiger partial charge < -0.3 is 10.3 Å². The number of aromatic nitrogens is 1. The molecule has 9 nitrogen and oxygen atoms in total. The van der Waals surface area contributed by atoms with Crippen LogP contribution in [-0.2, 0) is 14.4 Å². The number of nitriles is 1. The highest BCUT2D eigenvalue weighted by molar-refractivity contribution is 6.46. The van der Waals surface area contributed by atoms with Crippen molar-refractivity contribution >= 4 is 45.7 Å². The standard InChI is InChI=1S/C16H11N5O4/c1-18-13(22)9(6-17)11-7-4-2-3-5-8(7)12(19-11)10-14(23)20-16(25)21-15(10)24/h2-5,19H,1H3,(H,18,22)(H2,20,21,23,24,25)/b11-9-. The van der Waals surface area contributed by atoms with Crippen molar-refractivity contribution in [3.8, 4) is 6.07 Å². The number of rotatable bonds is 1. The van der Waals surface area contributed by atoms with Crippen LogP contribution in [0.2, 0.25) is 0 Å². The Morgan fingerprint density at radius 1 is 1.08 bits per heavy atom. The van der Waals surface area contributed by atoms with Gasteiger partial charge >= 0.3 is 6.03 Å². The van der Waals surface area contributed by atoms with Gasteiger partial charge in [-0.1, -0.05) is 24.3 Å². The molecule has 2 heterocycles. The van der Waals surface area contributed by atoms with Crippen molar-refractivity contribution in [2.75, 3.05) is 7.05 Å². The first-order valence-electron chi connectivity index (χ1n) is 7.12. The Kier molecular flexibility index (Phi) is 3.79. The number of barbiturate groups is 1. The van der Waals surface area contributed by atoms with Crippen molar-refractivity contribution in [2.45, 2.75) is 0 Å². The average Bonchev–Trinajstić information content (AvgIpc) is 2.94. The Morgan fingerprint density at radius 3 is 2.24 bits per heavy atom. The van der Waals surface area contributed by atoms with E-state index in [1.165, 1.54) is 7.05 Å². The number of benzene rings is 1. The summed E-state index contributed by atoms with van der Waals surface area (Å²) in [5.74, 6) is -2.35. The molecule has 3 rings (SSSR count). The van der Waals surface area contributed by atoms with Gasteiger partial charge in [0.2, 0.25) is 0 Å². The van der Waals surface area contributed by atoms with Crippen LogP contribution in [0.25, 0.3) is 21.9 Å². The first-order valence-corrected chi connectivity index (χ1v) is 7.12. The summed E-state index contributed by atoms with van der Waals surface area (Å²) in [7, 11) is 1.38. The molecular formula is C16H11N5O4. The number of H-pyrrole nitrogens is 1. The fourth-order valence-corrected chi connectivity index (χ4v) is 2.61. The third-order valence-corrected chi connectivity index (χ3v) is 3.69. The number of nitrogens with one attached hydrogen (secondary N) is 4. The van der Waals surface area contributed by atoms with Crippen LogP contribution >= 0.6 is 0 Å². The van der Waals surface area contributed by atoms with Gasteiger partial charge in [0, 0.05) is 17.8 Å². The van der Waals surface area contributed by atoms with Crippen LogP contribution in [0.5, 0.6) is 0 Å². The second kappa shape index (κ2) is 5.93.